The van der Waals surface area contributed by atoms with E-state index in [0.717, 1.165) is 0 Å². The topological polar surface area (TPSA) is 103 Å². The normalized spacial score (nSPS) is 16.8. The second-order valence-corrected chi connectivity index (χ2v) is 7.62. The Morgan fingerprint density at radius 1 is 0.629 bits per heavy atom. The van der Waals surface area contributed by atoms with Gasteiger partial charge in [-0.05, 0) is 30.3 Å². The van der Waals surface area contributed by atoms with Gasteiger partial charge in [-0.1, -0.05) is 18.2 Å². The molecular formula is C26H28O9. The Morgan fingerprint density at radius 2 is 1.20 bits per heavy atom. The van der Waals surface area contributed by atoms with E-state index >= 15 is 0 Å². The van der Waals surface area contributed by atoms with Crippen LogP contribution >= 0.6 is 0 Å². The highest BCUT2D eigenvalue weighted by Gasteiger charge is 2.18. The summed E-state index contributed by atoms with van der Waals surface area (Å²) >= 11 is 0. The van der Waals surface area contributed by atoms with Crippen LogP contribution in [0, 0.1) is 0 Å². The fraction of sp³-hybridized carbons (Fsp3) is 0.385. The lowest BCUT2D eigenvalue weighted by atomic mass is 10.0. The number of ether oxygens (including phenoxy) is 6. The summed E-state index contributed by atoms with van der Waals surface area (Å²) in [5, 5.41) is 0.665. The van der Waals surface area contributed by atoms with Crippen LogP contribution in [0.2, 0.25) is 0 Å². The molecule has 186 valence electrons. The van der Waals surface area contributed by atoms with Gasteiger partial charge in [-0.25, -0.2) is 4.79 Å². The Labute approximate surface area is 202 Å². The fourth-order valence-corrected chi connectivity index (χ4v) is 3.44. The highest BCUT2D eigenvalue weighted by atomic mass is 16.6. The van der Waals surface area contributed by atoms with Gasteiger partial charge < -0.3 is 32.8 Å². The monoisotopic (exact) mass is 484 g/mol. The zero-order valence-corrected chi connectivity index (χ0v) is 19.4. The second-order valence-electron chi connectivity index (χ2n) is 7.62. The van der Waals surface area contributed by atoms with Gasteiger partial charge in [-0.3, -0.25) is 4.79 Å². The van der Waals surface area contributed by atoms with Gasteiger partial charge in [0.2, 0.25) is 5.78 Å². The van der Waals surface area contributed by atoms with Crippen LogP contribution in [0.3, 0.4) is 0 Å². The second kappa shape index (κ2) is 13.0. The fourth-order valence-electron chi connectivity index (χ4n) is 3.44. The molecule has 0 N–H and O–H groups in total. The van der Waals surface area contributed by atoms with E-state index in [4.69, 9.17) is 32.8 Å². The number of carbonyl (C=O) groups is 1. The van der Waals surface area contributed by atoms with E-state index in [1.54, 1.807) is 42.5 Å². The SMILES string of the molecule is O=C(c1ccc2c(c1)OCCOCCOCCOCCOCCO2)c1cc2ccccc2oc1=O. The summed E-state index contributed by atoms with van der Waals surface area (Å²) in [5.74, 6) is 0.355. The van der Waals surface area contributed by atoms with E-state index < -0.39 is 11.4 Å². The number of para-hydroxylation sites is 1. The van der Waals surface area contributed by atoms with E-state index in [9.17, 15) is 9.59 Å². The Balaban J connectivity index is 1.50. The first-order chi connectivity index (χ1) is 17.2. The van der Waals surface area contributed by atoms with E-state index in [1.165, 1.54) is 0 Å². The first-order valence-electron chi connectivity index (χ1n) is 11.5. The molecule has 1 aromatic heterocycles. The molecule has 1 aliphatic rings. The molecule has 0 fully saturated rings. The molecule has 2 aromatic carbocycles. The standard InChI is InChI=1S/C26H28O9/c27-25(21-17-19-3-1-2-4-22(19)35-26(21)28)20-5-6-23-24(18-20)34-16-14-32-12-10-30-8-7-29-9-11-31-13-15-33-23/h1-6,17-18H,7-16H2. The van der Waals surface area contributed by atoms with Gasteiger partial charge in [0.25, 0.3) is 0 Å². The number of hydrogen-bond donors (Lipinski definition) is 0. The predicted octanol–water partition coefficient (Wildman–Crippen LogP) is 2.86. The zero-order valence-electron chi connectivity index (χ0n) is 19.4. The predicted molar refractivity (Wildman–Crippen MR) is 127 cm³/mol. The average Bonchev–Trinajstić information content (AvgIpc) is 2.87. The molecule has 0 aliphatic carbocycles. The molecule has 4 rings (SSSR count). The highest BCUT2D eigenvalue weighted by Crippen LogP contribution is 2.29. The van der Waals surface area contributed by atoms with Crippen LogP contribution < -0.4 is 15.1 Å². The molecule has 0 bridgehead atoms. The maximum Gasteiger partial charge on any atom is 0.347 e. The van der Waals surface area contributed by atoms with E-state index in [-0.39, 0.29) is 24.3 Å². The summed E-state index contributed by atoms with van der Waals surface area (Å²) in [5.41, 5.74) is -0.0445. The molecule has 0 unspecified atom stereocenters. The van der Waals surface area contributed by atoms with Crippen molar-refractivity contribution in [3.05, 3.63) is 70.1 Å². The molecule has 0 saturated heterocycles. The molecule has 0 radical (unpaired) electrons. The molecular weight excluding hydrogens is 456 g/mol. The maximum absolute atomic E-state index is 13.2. The van der Waals surface area contributed by atoms with E-state index in [1.807, 2.05) is 6.07 Å². The summed E-state index contributed by atoms with van der Waals surface area (Å²) < 4.78 is 38.9. The third-order valence-electron chi connectivity index (χ3n) is 5.18. The zero-order chi connectivity index (χ0) is 24.3. The highest BCUT2D eigenvalue weighted by molar-refractivity contribution is 6.10. The molecule has 3 aromatic rings. The van der Waals surface area contributed by atoms with Gasteiger partial charge in [0, 0.05) is 10.9 Å². The molecule has 0 amide bonds. The summed E-state index contributed by atoms with van der Waals surface area (Å²) in [6, 6.07) is 13.4. The Bertz CT molecular complexity index is 1170. The first-order valence-corrected chi connectivity index (χ1v) is 11.5. The van der Waals surface area contributed by atoms with Crippen molar-refractivity contribution in [3.63, 3.8) is 0 Å². The van der Waals surface area contributed by atoms with Crippen molar-refractivity contribution < 1.29 is 37.6 Å². The Morgan fingerprint density at radius 3 is 1.86 bits per heavy atom. The van der Waals surface area contributed by atoms with Crippen LogP contribution in [0.1, 0.15) is 15.9 Å². The minimum absolute atomic E-state index is 0.0521. The number of hydrogen-bond acceptors (Lipinski definition) is 9. The Kier molecular flexibility index (Phi) is 9.24. The largest absolute Gasteiger partial charge is 0.487 e. The minimum Gasteiger partial charge on any atom is -0.487 e. The lowest BCUT2D eigenvalue weighted by Crippen LogP contribution is -2.17. The van der Waals surface area contributed by atoms with Crippen LogP contribution in [0.25, 0.3) is 11.0 Å². The molecule has 0 atom stereocenters. The van der Waals surface area contributed by atoms with Gasteiger partial charge in [0.05, 0.1) is 52.9 Å². The van der Waals surface area contributed by atoms with Crippen molar-refractivity contribution in [1.82, 2.24) is 0 Å². The van der Waals surface area contributed by atoms with Gasteiger partial charge in [-0.2, -0.15) is 0 Å². The molecule has 0 spiro atoms. The maximum atomic E-state index is 13.2. The average molecular weight is 485 g/mol. The number of carbonyl (C=O) groups excluding carboxylic acids is 1. The molecule has 9 heteroatoms. The van der Waals surface area contributed by atoms with Crippen molar-refractivity contribution in [3.8, 4) is 11.5 Å². The van der Waals surface area contributed by atoms with Crippen LogP contribution in [0.15, 0.2) is 57.7 Å². The Hall–Kier alpha value is -3.24. The van der Waals surface area contributed by atoms with Crippen molar-refractivity contribution in [2.24, 2.45) is 0 Å². The van der Waals surface area contributed by atoms with Crippen molar-refractivity contribution in [2.75, 3.05) is 66.1 Å². The summed E-state index contributed by atoms with van der Waals surface area (Å²) in [7, 11) is 0. The summed E-state index contributed by atoms with van der Waals surface area (Å²) in [4.78, 5) is 25.6. The molecule has 1 aliphatic heterocycles. The van der Waals surface area contributed by atoms with Crippen LogP contribution in [0.5, 0.6) is 11.5 Å². The molecule has 9 nitrogen and oxygen atoms in total. The van der Waals surface area contributed by atoms with Gasteiger partial charge in [0.15, 0.2) is 11.5 Å². The third kappa shape index (κ3) is 7.12. The molecule has 35 heavy (non-hydrogen) atoms. The number of fused-ring (bicyclic) bond motifs is 2. The van der Waals surface area contributed by atoms with E-state index in [0.29, 0.717) is 75.3 Å². The number of ketones is 1. The van der Waals surface area contributed by atoms with Crippen molar-refractivity contribution in [1.29, 1.82) is 0 Å². The smallest absolute Gasteiger partial charge is 0.347 e. The molecule has 2 heterocycles. The first kappa shape index (κ1) is 24.9. The van der Waals surface area contributed by atoms with Gasteiger partial charge in [-0.15, -0.1) is 0 Å². The summed E-state index contributed by atoms with van der Waals surface area (Å²) in [6.45, 7) is 3.99. The third-order valence-corrected chi connectivity index (χ3v) is 5.18. The van der Waals surface area contributed by atoms with E-state index in [2.05, 4.69) is 0 Å². The summed E-state index contributed by atoms with van der Waals surface area (Å²) in [6.07, 6.45) is 0. The van der Waals surface area contributed by atoms with Crippen LogP contribution in [0.4, 0.5) is 0 Å². The van der Waals surface area contributed by atoms with Crippen molar-refractivity contribution >= 4 is 16.8 Å². The van der Waals surface area contributed by atoms with Crippen molar-refractivity contribution in [2.45, 2.75) is 0 Å². The minimum atomic E-state index is -0.693. The number of rotatable bonds is 2. The lowest BCUT2D eigenvalue weighted by molar-refractivity contribution is -0.00841. The van der Waals surface area contributed by atoms with Gasteiger partial charge in [0.1, 0.15) is 24.4 Å². The number of benzene rings is 2. The van der Waals surface area contributed by atoms with Gasteiger partial charge >= 0.3 is 5.63 Å². The lowest BCUT2D eigenvalue weighted by Gasteiger charge is -2.15. The quantitative estimate of drug-likeness (QED) is 0.401. The molecule has 0 saturated carbocycles. The van der Waals surface area contributed by atoms with Crippen LogP contribution in [-0.4, -0.2) is 71.9 Å². The van der Waals surface area contributed by atoms with Crippen LogP contribution in [-0.2, 0) is 18.9 Å².